The lowest BCUT2D eigenvalue weighted by Crippen LogP contribution is -2.14. The number of carbonyl (C=O) groups is 1. The zero-order valence-corrected chi connectivity index (χ0v) is 14.5. The highest BCUT2D eigenvalue weighted by atomic mass is 79.9. The van der Waals surface area contributed by atoms with Gasteiger partial charge in [0.15, 0.2) is 0 Å². The number of nitrogens with one attached hydrogen (secondary N) is 1. The van der Waals surface area contributed by atoms with E-state index in [1.807, 2.05) is 36.4 Å². The Kier molecular flexibility index (Phi) is 4.98. The third-order valence-corrected chi connectivity index (χ3v) is 5.03. The third-order valence-electron chi connectivity index (χ3n) is 3.33. The Bertz CT molecular complexity index is 851. The van der Waals surface area contributed by atoms with Gasteiger partial charge in [0.05, 0.1) is 5.75 Å². The quantitative estimate of drug-likeness (QED) is 0.599. The fourth-order valence-corrected chi connectivity index (χ4v) is 3.41. The highest BCUT2D eigenvalue weighted by Crippen LogP contribution is 2.30. The first kappa shape index (κ1) is 16.0. The molecule has 0 saturated heterocycles. The van der Waals surface area contributed by atoms with Crippen molar-refractivity contribution in [2.24, 2.45) is 0 Å². The number of anilines is 1. The van der Waals surface area contributed by atoms with Crippen molar-refractivity contribution in [1.82, 2.24) is 0 Å². The van der Waals surface area contributed by atoms with Crippen molar-refractivity contribution in [1.29, 1.82) is 0 Å². The van der Waals surface area contributed by atoms with Gasteiger partial charge in [0.1, 0.15) is 5.82 Å². The molecule has 0 spiro atoms. The van der Waals surface area contributed by atoms with Crippen molar-refractivity contribution in [3.8, 4) is 0 Å². The maximum Gasteiger partial charge on any atom is 0.234 e. The predicted molar refractivity (Wildman–Crippen MR) is 97.4 cm³/mol. The Morgan fingerprint density at radius 2 is 1.70 bits per heavy atom. The highest BCUT2D eigenvalue weighted by Gasteiger charge is 2.08. The number of halogens is 2. The first-order valence-electron chi connectivity index (χ1n) is 6.99. The van der Waals surface area contributed by atoms with Crippen LogP contribution >= 0.6 is 27.7 Å². The van der Waals surface area contributed by atoms with Crippen LogP contribution in [0.2, 0.25) is 0 Å². The van der Waals surface area contributed by atoms with Gasteiger partial charge in [-0.3, -0.25) is 4.79 Å². The standard InChI is InChI=1S/C18H13BrFNOS/c19-16-9-10-17(15-4-2-1-3-14(15)16)21-18(22)11-23-13-7-5-12(20)6-8-13/h1-10H,11H2,(H,21,22). The van der Waals surface area contributed by atoms with Gasteiger partial charge in [-0.25, -0.2) is 4.39 Å². The zero-order valence-electron chi connectivity index (χ0n) is 12.1. The average Bonchev–Trinajstić information content (AvgIpc) is 2.57. The summed E-state index contributed by atoms with van der Waals surface area (Å²) >= 11 is 4.89. The van der Waals surface area contributed by atoms with Crippen molar-refractivity contribution in [3.05, 3.63) is 71.0 Å². The summed E-state index contributed by atoms with van der Waals surface area (Å²) in [4.78, 5) is 13.0. The van der Waals surface area contributed by atoms with Crippen LogP contribution in [0.25, 0.3) is 10.8 Å². The van der Waals surface area contributed by atoms with E-state index in [-0.39, 0.29) is 17.5 Å². The lowest BCUT2D eigenvalue weighted by Gasteiger charge is -2.10. The van der Waals surface area contributed by atoms with E-state index >= 15 is 0 Å². The molecule has 0 atom stereocenters. The average molecular weight is 390 g/mol. The van der Waals surface area contributed by atoms with E-state index in [2.05, 4.69) is 21.2 Å². The van der Waals surface area contributed by atoms with Crippen LogP contribution in [0.15, 0.2) is 70.0 Å². The Balaban J connectivity index is 1.71. The van der Waals surface area contributed by atoms with E-state index in [1.165, 1.54) is 23.9 Å². The summed E-state index contributed by atoms with van der Waals surface area (Å²) < 4.78 is 13.9. The van der Waals surface area contributed by atoms with Crippen LogP contribution in [0.4, 0.5) is 10.1 Å². The van der Waals surface area contributed by atoms with Crippen LogP contribution < -0.4 is 5.32 Å². The van der Waals surface area contributed by atoms with Crippen molar-refractivity contribution >= 4 is 50.1 Å². The number of hydrogen-bond donors (Lipinski definition) is 1. The van der Waals surface area contributed by atoms with Gasteiger partial charge in [-0.2, -0.15) is 0 Å². The molecule has 0 bridgehead atoms. The molecule has 0 saturated carbocycles. The molecular formula is C18H13BrFNOS. The van der Waals surface area contributed by atoms with E-state index < -0.39 is 0 Å². The number of hydrogen-bond acceptors (Lipinski definition) is 2. The molecule has 0 aliphatic heterocycles. The zero-order chi connectivity index (χ0) is 16.2. The van der Waals surface area contributed by atoms with Crippen LogP contribution in [0.3, 0.4) is 0 Å². The van der Waals surface area contributed by atoms with Crippen molar-refractivity contribution in [2.75, 3.05) is 11.1 Å². The monoisotopic (exact) mass is 389 g/mol. The van der Waals surface area contributed by atoms with Crippen molar-refractivity contribution in [3.63, 3.8) is 0 Å². The largest absolute Gasteiger partial charge is 0.325 e. The Morgan fingerprint density at radius 3 is 2.43 bits per heavy atom. The van der Waals surface area contributed by atoms with Gasteiger partial charge in [0.25, 0.3) is 0 Å². The van der Waals surface area contributed by atoms with E-state index in [9.17, 15) is 9.18 Å². The SMILES string of the molecule is O=C(CSc1ccc(F)cc1)Nc1ccc(Br)c2ccccc12. The number of rotatable bonds is 4. The van der Waals surface area contributed by atoms with E-state index in [0.717, 1.165) is 25.8 Å². The second-order valence-electron chi connectivity index (χ2n) is 4.93. The summed E-state index contributed by atoms with van der Waals surface area (Å²) in [5.41, 5.74) is 0.786. The maximum absolute atomic E-state index is 12.9. The molecule has 23 heavy (non-hydrogen) atoms. The lowest BCUT2D eigenvalue weighted by atomic mass is 10.1. The molecule has 116 valence electrons. The summed E-state index contributed by atoms with van der Waals surface area (Å²) in [6.07, 6.45) is 0. The number of thioether (sulfide) groups is 1. The van der Waals surface area contributed by atoms with Crippen LogP contribution in [0.5, 0.6) is 0 Å². The maximum atomic E-state index is 12.9. The normalized spacial score (nSPS) is 10.7. The Morgan fingerprint density at radius 1 is 1.00 bits per heavy atom. The molecule has 3 aromatic carbocycles. The minimum Gasteiger partial charge on any atom is -0.325 e. The van der Waals surface area contributed by atoms with Crippen LogP contribution in [0.1, 0.15) is 0 Å². The first-order valence-corrected chi connectivity index (χ1v) is 8.77. The second-order valence-corrected chi connectivity index (χ2v) is 6.83. The molecule has 0 radical (unpaired) electrons. The number of carbonyl (C=O) groups excluding carboxylic acids is 1. The molecule has 0 aliphatic rings. The minimum atomic E-state index is -0.278. The topological polar surface area (TPSA) is 29.1 Å². The molecule has 0 aromatic heterocycles. The fourth-order valence-electron chi connectivity index (χ4n) is 2.24. The van der Waals surface area contributed by atoms with E-state index in [1.54, 1.807) is 12.1 Å². The molecule has 0 fully saturated rings. The minimum absolute atomic E-state index is 0.0909. The van der Waals surface area contributed by atoms with Crippen LogP contribution in [-0.2, 0) is 4.79 Å². The number of amides is 1. The molecule has 3 rings (SSSR count). The molecule has 3 aromatic rings. The summed E-state index contributed by atoms with van der Waals surface area (Å²) in [7, 11) is 0. The molecule has 1 amide bonds. The van der Waals surface area contributed by atoms with Gasteiger partial charge in [-0.1, -0.05) is 40.2 Å². The molecule has 0 aliphatic carbocycles. The van der Waals surface area contributed by atoms with Gasteiger partial charge in [0.2, 0.25) is 5.91 Å². The lowest BCUT2D eigenvalue weighted by molar-refractivity contribution is -0.113. The molecule has 0 heterocycles. The van der Waals surface area contributed by atoms with Gasteiger partial charge in [0, 0.05) is 20.4 Å². The first-order chi connectivity index (χ1) is 11.1. The molecule has 1 N–H and O–H groups in total. The predicted octanol–water partition coefficient (Wildman–Crippen LogP) is 5.47. The highest BCUT2D eigenvalue weighted by molar-refractivity contribution is 9.10. The third kappa shape index (κ3) is 3.92. The fraction of sp³-hybridized carbons (Fsp3) is 0.0556. The number of fused-ring (bicyclic) bond motifs is 1. The summed E-state index contributed by atoms with van der Waals surface area (Å²) in [6.45, 7) is 0. The second kappa shape index (κ2) is 7.15. The van der Waals surface area contributed by atoms with Crippen molar-refractivity contribution in [2.45, 2.75) is 4.90 Å². The molecule has 5 heteroatoms. The Hall–Kier alpha value is -1.85. The van der Waals surface area contributed by atoms with Gasteiger partial charge < -0.3 is 5.32 Å². The van der Waals surface area contributed by atoms with Gasteiger partial charge >= 0.3 is 0 Å². The van der Waals surface area contributed by atoms with Gasteiger partial charge in [-0.05, 0) is 41.8 Å². The van der Waals surface area contributed by atoms with Crippen molar-refractivity contribution < 1.29 is 9.18 Å². The van der Waals surface area contributed by atoms with Gasteiger partial charge in [-0.15, -0.1) is 11.8 Å². The molecule has 2 nitrogen and oxygen atoms in total. The van der Waals surface area contributed by atoms with E-state index in [0.29, 0.717) is 0 Å². The smallest absolute Gasteiger partial charge is 0.234 e. The van der Waals surface area contributed by atoms with Crippen LogP contribution in [0, 0.1) is 5.82 Å². The molecular weight excluding hydrogens is 377 g/mol. The Labute approximate surface area is 146 Å². The summed E-state index contributed by atoms with van der Waals surface area (Å²) in [5.74, 6) is -0.0947. The summed E-state index contributed by atoms with van der Waals surface area (Å²) in [6, 6.07) is 17.8. The van der Waals surface area contributed by atoms with Crippen LogP contribution in [-0.4, -0.2) is 11.7 Å². The molecule has 0 unspecified atom stereocenters. The summed E-state index contributed by atoms with van der Waals surface area (Å²) in [5, 5.41) is 4.98. The number of benzene rings is 3. The van der Waals surface area contributed by atoms with E-state index in [4.69, 9.17) is 0 Å².